The average Bonchev–Trinajstić information content (AvgIpc) is 2.79. The molecule has 0 spiro atoms. The molecule has 174 valence electrons. The molecule has 1 N–H and O–H groups in total. The van der Waals surface area contributed by atoms with Crippen LogP contribution in [0.2, 0.25) is 0 Å². The minimum atomic E-state index is -3.33. The van der Waals surface area contributed by atoms with Gasteiger partial charge in [-0.25, -0.2) is 8.42 Å². The summed E-state index contributed by atoms with van der Waals surface area (Å²) in [6.45, 7) is 5.85. The van der Waals surface area contributed by atoms with Gasteiger partial charge in [0.05, 0.1) is 18.0 Å². The number of rotatable bonds is 8. The van der Waals surface area contributed by atoms with Crippen molar-refractivity contribution in [3.8, 4) is 5.75 Å². The third kappa shape index (κ3) is 6.16. The van der Waals surface area contributed by atoms with Gasteiger partial charge in [-0.05, 0) is 75.1 Å². The van der Waals surface area contributed by atoms with Crippen molar-refractivity contribution in [2.24, 2.45) is 0 Å². The van der Waals surface area contributed by atoms with Gasteiger partial charge in [0.2, 0.25) is 10.0 Å². The first-order chi connectivity index (χ1) is 15.1. The van der Waals surface area contributed by atoms with Crippen molar-refractivity contribution in [2.45, 2.75) is 45.3 Å². The highest BCUT2D eigenvalue weighted by atomic mass is 32.2. The normalized spacial score (nSPS) is 16.2. The Bertz CT molecular complexity index is 1000. The molecule has 0 bridgehead atoms. The van der Waals surface area contributed by atoms with Crippen LogP contribution in [0.4, 0.5) is 11.4 Å². The van der Waals surface area contributed by atoms with Crippen LogP contribution in [0.5, 0.6) is 5.75 Å². The monoisotopic (exact) mass is 459 g/mol. The minimum absolute atomic E-state index is 0.144. The van der Waals surface area contributed by atoms with Gasteiger partial charge < -0.3 is 15.0 Å². The highest BCUT2D eigenvalue weighted by molar-refractivity contribution is 7.92. The van der Waals surface area contributed by atoms with Gasteiger partial charge in [0, 0.05) is 25.8 Å². The zero-order chi connectivity index (χ0) is 23.3. The van der Waals surface area contributed by atoms with E-state index < -0.39 is 16.1 Å². The third-order valence-electron chi connectivity index (χ3n) is 5.85. The number of hydrogen-bond acceptors (Lipinski definition) is 5. The second kappa shape index (κ2) is 10.3. The van der Waals surface area contributed by atoms with Crippen LogP contribution in [0.3, 0.4) is 0 Å². The lowest BCUT2D eigenvalue weighted by Gasteiger charge is -2.29. The molecule has 1 aliphatic heterocycles. The molecule has 7 nitrogen and oxygen atoms in total. The topological polar surface area (TPSA) is 78.9 Å². The van der Waals surface area contributed by atoms with Crippen LogP contribution in [0.15, 0.2) is 48.5 Å². The largest absolute Gasteiger partial charge is 0.481 e. The molecule has 8 heteroatoms. The van der Waals surface area contributed by atoms with Gasteiger partial charge in [-0.1, -0.05) is 12.1 Å². The number of anilines is 2. The third-order valence-corrected chi connectivity index (χ3v) is 7.06. The van der Waals surface area contributed by atoms with E-state index in [4.69, 9.17) is 4.74 Å². The van der Waals surface area contributed by atoms with Crippen molar-refractivity contribution in [2.75, 3.05) is 35.6 Å². The average molecular weight is 460 g/mol. The molecule has 1 saturated heterocycles. The molecule has 0 aliphatic carbocycles. The van der Waals surface area contributed by atoms with Gasteiger partial charge in [0.1, 0.15) is 5.75 Å². The number of nitrogens with zero attached hydrogens (tertiary/aromatic N) is 2. The van der Waals surface area contributed by atoms with Crippen LogP contribution in [-0.4, -0.2) is 46.8 Å². The van der Waals surface area contributed by atoms with E-state index in [1.807, 2.05) is 6.92 Å². The van der Waals surface area contributed by atoms with Gasteiger partial charge in [-0.15, -0.1) is 0 Å². The molecule has 0 aromatic heterocycles. The summed E-state index contributed by atoms with van der Waals surface area (Å²) >= 11 is 0. The molecule has 3 rings (SSSR count). The van der Waals surface area contributed by atoms with Crippen molar-refractivity contribution in [3.05, 3.63) is 54.1 Å². The number of carbonyl (C=O) groups is 1. The summed E-state index contributed by atoms with van der Waals surface area (Å²) in [7, 11) is -1.84. The van der Waals surface area contributed by atoms with Crippen LogP contribution in [0.1, 0.15) is 44.7 Å². The Morgan fingerprint density at radius 2 is 1.59 bits per heavy atom. The number of sulfonamides is 1. The van der Waals surface area contributed by atoms with E-state index in [-0.39, 0.29) is 11.9 Å². The van der Waals surface area contributed by atoms with E-state index in [1.54, 1.807) is 31.2 Å². The minimum Gasteiger partial charge on any atom is -0.481 e. The van der Waals surface area contributed by atoms with Gasteiger partial charge in [-0.2, -0.15) is 0 Å². The molecule has 1 amide bonds. The van der Waals surface area contributed by atoms with Crippen molar-refractivity contribution < 1.29 is 17.9 Å². The molecular formula is C24H33N3O4S. The van der Waals surface area contributed by atoms with E-state index >= 15 is 0 Å². The second-order valence-electron chi connectivity index (χ2n) is 8.35. The molecule has 1 aliphatic rings. The summed E-state index contributed by atoms with van der Waals surface area (Å²) in [5.74, 6) is 0.284. The lowest BCUT2D eigenvalue weighted by atomic mass is 10.1. The fraction of sp³-hybridized carbons (Fsp3) is 0.458. The maximum absolute atomic E-state index is 12.6. The Hall–Kier alpha value is -2.74. The number of nitrogens with one attached hydrogen (secondary N) is 1. The van der Waals surface area contributed by atoms with Crippen LogP contribution >= 0.6 is 0 Å². The standard InChI is InChI=1S/C24H33N3O4S/c1-18(20-8-10-22(11-9-20)27-16-6-5-7-17-27)25-24(28)19(2)31-23-14-12-21(13-15-23)26(3)32(4,29)30/h8-15,18-19H,5-7,16-17H2,1-4H3,(H,25,28). The second-order valence-corrected chi connectivity index (χ2v) is 10.4. The van der Waals surface area contributed by atoms with E-state index in [1.165, 1.54) is 36.3 Å². The van der Waals surface area contributed by atoms with Crippen LogP contribution < -0.4 is 19.3 Å². The molecule has 32 heavy (non-hydrogen) atoms. The predicted molar refractivity (Wildman–Crippen MR) is 129 cm³/mol. The van der Waals surface area contributed by atoms with Crippen LogP contribution in [0.25, 0.3) is 0 Å². The Kier molecular flexibility index (Phi) is 7.66. The number of amides is 1. The van der Waals surface area contributed by atoms with Gasteiger partial charge in [-0.3, -0.25) is 9.10 Å². The zero-order valence-corrected chi connectivity index (χ0v) is 20.1. The van der Waals surface area contributed by atoms with Gasteiger partial charge in [0.15, 0.2) is 6.10 Å². The van der Waals surface area contributed by atoms with Crippen molar-refractivity contribution >= 4 is 27.3 Å². The Balaban J connectivity index is 1.54. The van der Waals surface area contributed by atoms with Crippen molar-refractivity contribution in [1.82, 2.24) is 5.32 Å². The Labute approximate surface area is 191 Å². The molecule has 0 saturated carbocycles. The fourth-order valence-electron chi connectivity index (χ4n) is 3.72. The van der Waals surface area contributed by atoms with E-state index in [2.05, 4.69) is 34.5 Å². The van der Waals surface area contributed by atoms with Gasteiger partial charge in [0.25, 0.3) is 5.91 Å². The van der Waals surface area contributed by atoms with Crippen LogP contribution in [0, 0.1) is 0 Å². The summed E-state index contributed by atoms with van der Waals surface area (Å²) in [4.78, 5) is 15.0. The highest BCUT2D eigenvalue weighted by Crippen LogP contribution is 2.23. The highest BCUT2D eigenvalue weighted by Gasteiger charge is 2.19. The number of benzene rings is 2. The fourth-order valence-corrected chi connectivity index (χ4v) is 4.23. The number of hydrogen-bond donors (Lipinski definition) is 1. The van der Waals surface area contributed by atoms with Crippen molar-refractivity contribution in [1.29, 1.82) is 0 Å². The summed E-state index contributed by atoms with van der Waals surface area (Å²) in [6.07, 6.45) is 4.24. The molecule has 1 heterocycles. The predicted octanol–water partition coefficient (Wildman–Crippen LogP) is 3.72. The van der Waals surface area contributed by atoms with Gasteiger partial charge >= 0.3 is 0 Å². The molecule has 1 fully saturated rings. The quantitative estimate of drug-likeness (QED) is 0.651. The Morgan fingerprint density at radius 1 is 1.00 bits per heavy atom. The lowest BCUT2D eigenvalue weighted by molar-refractivity contribution is -0.127. The maximum atomic E-state index is 12.6. The molecular weight excluding hydrogens is 426 g/mol. The number of piperidine rings is 1. The van der Waals surface area contributed by atoms with Crippen LogP contribution in [-0.2, 0) is 14.8 Å². The lowest BCUT2D eigenvalue weighted by Crippen LogP contribution is -2.37. The summed E-state index contributed by atoms with van der Waals surface area (Å²) in [6, 6.07) is 14.8. The molecule has 0 radical (unpaired) electrons. The maximum Gasteiger partial charge on any atom is 0.261 e. The summed E-state index contributed by atoms with van der Waals surface area (Å²) in [5.41, 5.74) is 2.80. The SMILES string of the molecule is CC(Oc1ccc(N(C)S(C)(=O)=O)cc1)C(=O)NC(C)c1ccc(N2CCCCC2)cc1. The Morgan fingerprint density at radius 3 is 2.16 bits per heavy atom. The van der Waals surface area contributed by atoms with Crippen molar-refractivity contribution in [3.63, 3.8) is 0 Å². The summed E-state index contributed by atoms with van der Waals surface area (Å²) in [5, 5.41) is 3.00. The first kappa shape index (κ1) is 23.9. The number of carbonyl (C=O) groups excluding carboxylic acids is 1. The first-order valence-corrected chi connectivity index (χ1v) is 12.9. The number of ether oxygens (including phenoxy) is 1. The van der Waals surface area contributed by atoms with E-state index in [0.717, 1.165) is 24.9 Å². The first-order valence-electron chi connectivity index (χ1n) is 11.0. The zero-order valence-electron chi connectivity index (χ0n) is 19.2. The molecule has 2 aromatic rings. The summed E-state index contributed by atoms with van der Waals surface area (Å²) < 4.78 is 30.2. The van der Waals surface area contributed by atoms with E-state index in [0.29, 0.717) is 11.4 Å². The molecule has 2 aromatic carbocycles. The smallest absolute Gasteiger partial charge is 0.261 e. The van der Waals surface area contributed by atoms with E-state index in [9.17, 15) is 13.2 Å². The molecule has 2 atom stereocenters. The molecule has 2 unspecified atom stereocenters.